The molecule has 0 bridgehead atoms. The quantitative estimate of drug-likeness (QED) is 0.380. The highest BCUT2D eigenvalue weighted by Gasteiger charge is 2.28. The highest BCUT2D eigenvalue weighted by atomic mass is 16.4. The van der Waals surface area contributed by atoms with Crippen LogP contribution in [0.4, 0.5) is 0 Å². The molecule has 1 rings (SSSR count). The van der Waals surface area contributed by atoms with Gasteiger partial charge in [-0.05, 0) is 31.1 Å². The van der Waals surface area contributed by atoms with Crippen molar-refractivity contribution >= 4 is 5.97 Å². The molecule has 0 aromatic heterocycles. The number of nitrogens with zero attached hydrogens (tertiary/aromatic N) is 1. The minimum atomic E-state index is -1.13. The van der Waals surface area contributed by atoms with Crippen molar-refractivity contribution < 1.29 is 9.90 Å². The maximum atomic E-state index is 10.5. The van der Waals surface area contributed by atoms with E-state index in [4.69, 9.17) is 16.7 Å². The van der Waals surface area contributed by atoms with E-state index in [0.29, 0.717) is 5.41 Å². The zero-order valence-corrected chi connectivity index (χ0v) is 9.94. The van der Waals surface area contributed by atoms with Crippen LogP contribution < -0.4 is 11.6 Å². The van der Waals surface area contributed by atoms with E-state index in [1.54, 1.807) is 0 Å². The van der Waals surface area contributed by atoms with Crippen LogP contribution in [-0.4, -0.2) is 22.1 Å². The molecular weight excluding hydrogens is 206 g/mol. The van der Waals surface area contributed by atoms with Crippen molar-refractivity contribution in [3.05, 3.63) is 11.9 Å². The molecule has 5 nitrogen and oxygen atoms in total. The summed E-state index contributed by atoms with van der Waals surface area (Å²) in [6.07, 6.45) is 5.48. The predicted octanol–water partition coefficient (Wildman–Crippen LogP) is 1.02. The smallest absolute Gasteiger partial charge is 0.353 e. The number of carboxylic acid groups (broad SMARTS) is 1. The minimum Gasteiger partial charge on any atom is -0.477 e. The number of aliphatic carboxylic acids is 1. The number of carboxylic acids is 1. The Kier molecular flexibility index (Phi) is 3.80. The van der Waals surface area contributed by atoms with Gasteiger partial charge in [0.15, 0.2) is 0 Å². The van der Waals surface area contributed by atoms with Gasteiger partial charge < -0.3 is 15.8 Å². The van der Waals surface area contributed by atoms with Crippen LogP contribution in [0.5, 0.6) is 0 Å². The summed E-state index contributed by atoms with van der Waals surface area (Å²) < 4.78 is 0. The van der Waals surface area contributed by atoms with Crippen molar-refractivity contribution in [3.63, 3.8) is 0 Å². The molecule has 0 aromatic carbocycles. The monoisotopic (exact) mass is 227 g/mol. The average molecular weight is 227 g/mol. The van der Waals surface area contributed by atoms with E-state index in [-0.39, 0.29) is 11.7 Å². The maximum absolute atomic E-state index is 10.5. The molecule has 0 amide bonds. The van der Waals surface area contributed by atoms with E-state index in [1.165, 1.54) is 11.2 Å². The average Bonchev–Trinajstić information content (AvgIpc) is 2.17. The predicted molar refractivity (Wildman–Crippen MR) is 62.0 cm³/mol. The van der Waals surface area contributed by atoms with E-state index in [1.807, 2.05) is 0 Å². The summed E-state index contributed by atoms with van der Waals surface area (Å²) in [5.41, 5.74) is 5.48. The zero-order valence-electron chi connectivity index (χ0n) is 9.94. The van der Waals surface area contributed by atoms with Crippen LogP contribution in [0.2, 0.25) is 0 Å². The van der Waals surface area contributed by atoms with Gasteiger partial charge in [-0.3, -0.25) is 0 Å². The first kappa shape index (κ1) is 12.8. The Morgan fingerprint density at radius 3 is 2.38 bits per heavy atom. The van der Waals surface area contributed by atoms with Crippen molar-refractivity contribution in [1.29, 1.82) is 0 Å². The van der Waals surface area contributed by atoms with E-state index in [0.717, 1.165) is 25.7 Å². The summed E-state index contributed by atoms with van der Waals surface area (Å²) in [5.74, 6) is 4.66. The van der Waals surface area contributed by atoms with Crippen LogP contribution >= 0.6 is 0 Å². The Hall–Kier alpha value is -1.23. The molecule has 0 aromatic rings. The molecular formula is C11H21N3O2. The third-order valence-electron chi connectivity index (χ3n) is 3.27. The largest absolute Gasteiger partial charge is 0.477 e. The summed E-state index contributed by atoms with van der Waals surface area (Å²) in [5, 5.41) is 10.1. The van der Waals surface area contributed by atoms with Gasteiger partial charge >= 0.3 is 5.97 Å². The number of hydrazine groups is 1. The molecule has 92 valence electrons. The molecule has 1 saturated carbocycles. The van der Waals surface area contributed by atoms with Crippen LogP contribution in [0, 0.1) is 5.41 Å². The fourth-order valence-electron chi connectivity index (χ4n) is 2.00. The molecule has 1 aliphatic rings. The Morgan fingerprint density at radius 1 is 1.44 bits per heavy atom. The highest BCUT2D eigenvalue weighted by molar-refractivity contribution is 5.85. The first-order chi connectivity index (χ1) is 7.32. The molecule has 5 N–H and O–H groups in total. The second kappa shape index (κ2) is 4.74. The van der Waals surface area contributed by atoms with Gasteiger partial charge in [-0.2, -0.15) is 0 Å². The van der Waals surface area contributed by atoms with Gasteiger partial charge in [-0.15, -0.1) is 0 Å². The fourth-order valence-corrected chi connectivity index (χ4v) is 2.00. The maximum Gasteiger partial charge on any atom is 0.353 e. The molecule has 0 atom stereocenters. The van der Waals surface area contributed by atoms with Crippen LogP contribution in [0.3, 0.4) is 0 Å². The number of hydrogen-bond acceptors (Lipinski definition) is 4. The second-order valence-electron chi connectivity index (χ2n) is 5.23. The van der Waals surface area contributed by atoms with Gasteiger partial charge in [0.25, 0.3) is 0 Å². The SMILES string of the molecule is CC1(C)CCC(N(N)/C=C(\N)C(=O)O)CC1. The van der Waals surface area contributed by atoms with Crippen molar-refractivity contribution in [2.75, 3.05) is 0 Å². The third kappa shape index (κ3) is 3.41. The fraction of sp³-hybridized carbons (Fsp3) is 0.727. The number of nitrogens with two attached hydrogens (primary N) is 2. The highest BCUT2D eigenvalue weighted by Crippen LogP contribution is 2.36. The number of carbonyl (C=O) groups is 1. The molecule has 0 saturated heterocycles. The van der Waals surface area contributed by atoms with E-state index in [2.05, 4.69) is 13.8 Å². The molecule has 0 spiro atoms. The first-order valence-electron chi connectivity index (χ1n) is 5.55. The standard InChI is InChI=1S/C11H21N3O2/c1-11(2)5-3-8(4-6-11)14(13)7-9(12)10(15)16/h7-8H,3-6,12-13H2,1-2H3,(H,15,16)/b9-7-. The Labute approximate surface area is 96.1 Å². The van der Waals surface area contributed by atoms with Crippen molar-refractivity contribution in [3.8, 4) is 0 Å². The summed E-state index contributed by atoms with van der Waals surface area (Å²) in [6.45, 7) is 4.48. The molecule has 1 aliphatic carbocycles. The van der Waals surface area contributed by atoms with E-state index in [9.17, 15) is 4.79 Å². The Balaban J connectivity index is 2.54. The molecule has 0 unspecified atom stereocenters. The van der Waals surface area contributed by atoms with Crippen molar-refractivity contribution in [1.82, 2.24) is 5.01 Å². The van der Waals surface area contributed by atoms with Crippen LogP contribution in [0.25, 0.3) is 0 Å². The lowest BCUT2D eigenvalue weighted by Gasteiger charge is -2.37. The second-order valence-corrected chi connectivity index (χ2v) is 5.23. The lowest BCUT2D eigenvalue weighted by Crippen LogP contribution is -2.41. The summed E-state index contributed by atoms with van der Waals surface area (Å²) in [6, 6.07) is 0.200. The Bertz CT molecular complexity index is 290. The topological polar surface area (TPSA) is 92.6 Å². The van der Waals surface area contributed by atoms with Crippen LogP contribution in [0.1, 0.15) is 39.5 Å². The molecule has 0 aliphatic heterocycles. The van der Waals surface area contributed by atoms with Crippen molar-refractivity contribution in [2.45, 2.75) is 45.6 Å². The summed E-state index contributed by atoms with van der Waals surface area (Å²) in [7, 11) is 0. The molecule has 0 heterocycles. The third-order valence-corrected chi connectivity index (χ3v) is 3.27. The van der Waals surface area contributed by atoms with Gasteiger partial charge in [0.2, 0.25) is 0 Å². The molecule has 5 heteroatoms. The normalized spacial score (nSPS) is 21.8. The summed E-state index contributed by atoms with van der Waals surface area (Å²) in [4.78, 5) is 10.5. The lowest BCUT2D eigenvalue weighted by molar-refractivity contribution is -0.132. The number of rotatable bonds is 3. The van der Waals surface area contributed by atoms with Gasteiger partial charge in [0, 0.05) is 12.2 Å². The van der Waals surface area contributed by atoms with Gasteiger partial charge in [0.1, 0.15) is 5.70 Å². The van der Waals surface area contributed by atoms with Crippen LogP contribution in [0.15, 0.2) is 11.9 Å². The lowest BCUT2D eigenvalue weighted by atomic mass is 9.75. The molecule has 1 fully saturated rings. The van der Waals surface area contributed by atoms with Crippen LogP contribution in [-0.2, 0) is 4.79 Å². The minimum absolute atomic E-state index is 0.200. The van der Waals surface area contributed by atoms with Crippen molar-refractivity contribution in [2.24, 2.45) is 17.0 Å². The van der Waals surface area contributed by atoms with Gasteiger partial charge in [-0.1, -0.05) is 13.8 Å². The summed E-state index contributed by atoms with van der Waals surface area (Å²) >= 11 is 0. The van der Waals surface area contributed by atoms with E-state index >= 15 is 0 Å². The van der Waals surface area contributed by atoms with Gasteiger partial charge in [0.05, 0.1) is 0 Å². The number of hydrogen-bond donors (Lipinski definition) is 3. The zero-order chi connectivity index (χ0) is 12.3. The first-order valence-corrected chi connectivity index (χ1v) is 5.55. The molecule has 0 radical (unpaired) electrons. The molecule has 16 heavy (non-hydrogen) atoms. The van der Waals surface area contributed by atoms with Gasteiger partial charge in [-0.25, -0.2) is 10.6 Å². The Morgan fingerprint density at radius 2 is 1.94 bits per heavy atom. The van der Waals surface area contributed by atoms with E-state index < -0.39 is 5.97 Å².